The summed E-state index contributed by atoms with van der Waals surface area (Å²) in [6.07, 6.45) is 2.82. The van der Waals surface area contributed by atoms with E-state index in [0.717, 1.165) is 0 Å². The lowest BCUT2D eigenvalue weighted by atomic mass is 9.96. The normalized spacial score (nSPS) is 23.5. The Balaban J connectivity index is 2.01. The van der Waals surface area contributed by atoms with Crippen molar-refractivity contribution in [1.29, 1.82) is 0 Å². The molecule has 4 N–H and O–H groups in total. The molecule has 2 aromatic rings. The van der Waals surface area contributed by atoms with E-state index in [0.29, 0.717) is 17.6 Å². The number of aromatic nitrogens is 4. The van der Waals surface area contributed by atoms with Crippen molar-refractivity contribution in [2.75, 3.05) is 18.9 Å². The van der Waals surface area contributed by atoms with Gasteiger partial charge in [0, 0.05) is 5.92 Å². The Morgan fingerprint density at radius 2 is 2.33 bits per heavy atom. The number of aliphatic carboxylic acids is 1. The summed E-state index contributed by atoms with van der Waals surface area (Å²) in [6, 6.07) is -0.874. The number of carbonyl (C=O) groups is 1. The monoisotopic (exact) mass is 293 g/mol. The van der Waals surface area contributed by atoms with Gasteiger partial charge in [-0.1, -0.05) is 0 Å². The second kappa shape index (κ2) is 5.26. The van der Waals surface area contributed by atoms with Crippen molar-refractivity contribution < 1.29 is 19.7 Å². The molecule has 3 atom stereocenters. The molecule has 9 heteroatoms. The number of rotatable bonds is 4. The smallest absolute Gasteiger partial charge is 0.327 e. The molecule has 2 aromatic heterocycles. The first-order chi connectivity index (χ1) is 10.1. The molecule has 1 fully saturated rings. The number of hydrogen-bond acceptors (Lipinski definition) is 7. The maximum atomic E-state index is 11.7. The summed E-state index contributed by atoms with van der Waals surface area (Å²) in [4.78, 5) is 23.7. The van der Waals surface area contributed by atoms with Crippen LogP contribution in [0, 0.1) is 5.92 Å². The summed E-state index contributed by atoms with van der Waals surface area (Å²) in [5.41, 5.74) is 6.46. The van der Waals surface area contributed by atoms with E-state index in [1.807, 2.05) is 0 Å². The Labute approximate surface area is 119 Å². The molecule has 1 aliphatic heterocycles. The van der Waals surface area contributed by atoms with E-state index in [1.54, 1.807) is 0 Å². The van der Waals surface area contributed by atoms with Gasteiger partial charge >= 0.3 is 5.97 Å². The number of hydrogen-bond donors (Lipinski definition) is 3. The Kier molecular flexibility index (Phi) is 3.43. The molecule has 1 saturated heterocycles. The molecule has 9 nitrogen and oxygen atoms in total. The van der Waals surface area contributed by atoms with E-state index in [9.17, 15) is 9.90 Å². The van der Waals surface area contributed by atoms with Crippen molar-refractivity contribution in [3.05, 3.63) is 12.7 Å². The third kappa shape index (κ3) is 2.30. The molecule has 0 unspecified atom stereocenters. The van der Waals surface area contributed by atoms with E-state index >= 15 is 0 Å². The number of anilines is 1. The zero-order valence-electron chi connectivity index (χ0n) is 11.1. The summed E-state index contributed by atoms with van der Waals surface area (Å²) < 4.78 is 6.85. The quantitative estimate of drug-likeness (QED) is 0.681. The highest BCUT2D eigenvalue weighted by Crippen LogP contribution is 2.32. The van der Waals surface area contributed by atoms with Crippen LogP contribution < -0.4 is 5.73 Å². The molecule has 0 amide bonds. The van der Waals surface area contributed by atoms with Crippen LogP contribution in [0.1, 0.15) is 12.5 Å². The first-order valence-corrected chi connectivity index (χ1v) is 6.50. The first kappa shape index (κ1) is 13.7. The highest BCUT2D eigenvalue weighted by molar-refractivity contribution is 5.83. The number of nitrogens with two attached hydrogens (primary N) is 1. The van der Waals surface area contributed by atoms with Gasteiger partial charge in [0.1, 0.15) is 17.9 Å². The molecule has 0 spiro atoms. The Morgan fingerprint density at radius 3 is 3.00 bits per heavy atom. The van der Waals surface area contributed by atoms with Gasteiger partial charge in [0.25, 0.3) is 0 Å². The van der Waals surface area contributed by atoms with Gasteiger partial charge in [0.2, 0.25) is 0 Å². The molecule has 0 saturated carbocycles. The molecule has 0 aromatic carbocycles. The molecule has 1 aliphatic rings. The minimum Gasteiger partial charge on any atom is -0.480 e. The first-order valence-electron chi connectivity index (χ1n) is 6.50. The number of carboxylic acid groups (broad SMARTS) is 1. The number of carboxylic acids is 1. The third-order valence-corrected chi connectivity index (χ3v) is 3.70. The average Bonchev–Trinajstić information content (AvgIpc) is 3.07. The highest BCUT2D eigenvalue weighted by atomic mass is 16.5. The van der Waals surface area contributed by atoms with Gasteiger partial charge in [-0.15, -0.1) is 0 Å². The molecule has 3 rings (SSSR count). The second-order valence-corrected chi connectivity index (χ2v) is 5.00. The van der Waals surface area contributed by atoms with Crippen LogP contribution in [0.15, 0.2) is 12.7 Å². The van der Waals surface area contributed by atoms with Crippen LogP contribution in [0.4, 0.5) is 5.82 Å². The van der Waals surface area contributed by atoms with Crippen molar-refractivity contribution >= 4 is 23.0 Å². The van der Waals surface area contributed by atoms with Crippen molar-refractivity contribution in [3.63, 3.8) is 0 Å². The highest BCUT2D eigenvalue weighted by Gasteiger charge is 2.37. The van der Waals surface area contributed by atoms with Gasteiger partial charge in [0.15, 0.2) is 11.5 Å². The van der Waals surface area contributed by atoms with Crippen LogP contribution in [0.2, 0.25) is 0 Å². The van der Waals surface area contributed by atoms with Crippen LogP contribution in [-0.4, -0.2) is 55.0 Å². The lowest BCUT2D eigenvalue weighted by molar-refractivity contribution is -0.142. The summed E-state index contributed by atoms with van der Waals surface area (Å²) in [7, 11) is 0. The largest absolute Gasteiger partial charge is 0.480 e. The summed E-state index contributed by atoms with van der Waals surface area (Å²) in [6.45, 7) is 0.144. The lowest BCUT2D eigenvalue weighted by Crippen LogP contribution is -2.27. The molecular formula is C12H15N5O4. The minimum atomic E-state index is -1.00. The Hall–Kier alpha value is -2.26. The fourth-order valence-electron chi connectivity index (χ4n) is 2.70. The number of aliphatic hydroxyl groups excluding tert-OH is 1. The van der Waals surface area contributed by atoms with Crippen molar-refractivity contribution in [3.8, 4) is 0 Å². The predicted molar refractivity (Wildman–Crippen MR) is 71.3 cm³/mol. The Morgan fingerprint density at radius 1 is 1.52 bits per heavy atom. The van der Waals surface area contributed by atoms with Crippen LogP contribution in [0.3, 0.4) is 0 Å². The average molecular weight is 293 g/mol. The van der Waals surface area contributed by atoms with Crippen molar-refractivity contribution in [2.24, 2.45) is 5.92 Å². The molecule has 21 heavy (non-hydrogen) atoms. The van der Waals surface area contributed by atoms with Crippen LogP contribution in [0.5, 0.6) is 0 Å². The molecule has 112 valence electrons. The van der Waals surface area contributed by atoms with Gasteiger partial charge in [-0.3, -0.25) is 0 Å². The third-order valence-electron chi connectivity index (χ3n) is 3.70. The van der Waals surface area contributed by atoms with Gasteiger partial charge in [-0.05, 0) is 6.42 Å². The summed E-state index contributed by atoms with van der Waals surface area (Å²) in [5, 5.41) is 18.7. The number of nitrogens with zero attached hydrogens (tertiary/aromatic N) is 4. The van der Waals surface area contributed by atoms with Gasteiger partial charge in [-0.2, -0.15) is 0 Å². The number of ether oxygens (including phenoxy) is 1. The molecule has 0 aliphatic carbocycles. The van der Waals surface area contributed by atoms with Crippen LogP contribution in [-0.2, 0) is 9.53 Å². The van der Waals surface area contributed by atoms with Gasteiger partial charge in [-0.25, -0.2) is 19.7 Å². The zero-order valence-corrected chi connectivity index (χ0v) is 11.1. The van der Waals surface area contributed by atoms with Crippen LogP contribution >= 0.6 is 0 Å². The number of aliphatic hydroxyl groups is 1. The van der Waals surface area contributed by atoms with E-state index < -0.39 is 12.0 Å². The van der Waals surface area contributed by atoms with Crippen molar-refractivity contribution in [1.82, 2.24) is 19.5 Å². The van der Waals surface area contributed by atoms with E-state index in [1.165, 1.54) is 17.2 Å². The predicted octanol–water partition coefficient (Wildman–Crippen LogP) is -0.568. The Bertz CT molecular complexity index is 673. The van der Waals surface area contributed by atoms with Crippen LogP contribution in [0.25, 0.3) is 11.2 Å². The zero-order chi connectivity index (χ0) is 15.0. The summed E-state index contributed by atoms with van der Waals surface area (Å²) >= 11 is 0. The van der Waals surface area contributed by atoms with E-state index in [-0.39, 0.29) is 31.1 Å². The second-order valence-electron chi connectivity index (χ2n) is 5.00. The van der Waals surface area contributed by atoms with E-state index in [4.69, 9.17) is 15.6 Å². The van der Waals surface area contributed by atoms with Gasteiger partial charge in [0.05, 0.1) is 25.6 Å². The maximum absolute atomic E-state index is 11.7. The fraction of sp³-hybridized carbons (Fsp3) is 0.500. The number of fused-ring (bicyclic) bond motifs is 1. The number of nitrogen functional groups attached to an aromatic ring is 1. The van der Waals surface area contributed by atoms with E-state index in [2.05, 4.69) is 15.0 Å². The molecule has 3 heterocycles. The maximum Gasteiger partial charge on any atom is 0.327 e. The standard InChI is InChI=1S/C12H15N5O4/c13-10-8-11(15-4-14-10)17(5-16-8)9(12(19)20)6-1-7(2-18)21-3-6/h4-7,9,18H,1-3H2,(H,19,20)(H2,13,14,15)/t6-,7-,9+/m0/s1. The lowest BCUT2D eigenvalue weighted by Gasteiger charge is -2.19. The minimum absolute atomic E-state index is 0.122. The fourth-order valence-corrected chi connectivity index (χ4v) is 2.70. The van der Waals surface area contributed by atoms with Gasteiger partial charge < -0.3 is 25.3 Å². The number of imidazole rings is 1. The SMILES string of the molecule is Nc1ncnc2c1ncn2[C@@H](C(=O)O)[C@@H]1CO[C@H](CO)C1. The van der Waals surface area contributed by atoms with Crippen molar-refractivity contribution in [2.45, 2.75) is 18.6 Å². The topological polar surface area (TPSA) is 136 Å². The summed E-state index contributed by atoms with van der Waals surface area (Å²) in [5.74, 6) is -1.06. The molecular weight excluding hydrogens is 278 g/mol. The molecule has 0 bridgehead atoms. The molecule has 0 radical (unpaired) electrons.